The number of carbonyl (C=O) groups excluding carboxylic acids is 2. The minimum absolute atomic E-state index is 0.165. The maximum Gasteiger partial charge on any atom is 0.325 e. The van der Waals surface area contributed by atoms with Gasteiger partial charge in [-0.2, -0.15) is 0 Å². The molecule has 0 aliphatic heterocycles. The Hall–Kier alpha value is -1.91. The zero-order valence-electron chi connectivity index (χ0n) is 10.6. The van der Waals surface area contributed by atoms with E-state index in [0.717, 1.165) is 6.07 Å². The van der Waals surface area contributed by atoms with E-state index in [4.69, 9.17) is 4.74 Å². The standard InChI is InChI=1S/C13H16FNO3/c1-13(2,3)18-11(16)8-15-12(17)9-5-4-6-10(14)7-9/h4-7H,8H2,1-3H3,(H,15,17). The van der Waals surface area contributed by atoms with Crippen LogP contribution in [0.1, 0.15) is 31.1 Å². The third kappa shape index (κ3) is 4.95. The molecule has 0 atom stereocenters. The van der Waals surface area contributed by atoms with Crippen LogP contribution in [0.3, 0.4) is 0 Å². The molecule has 0 spiro atoms. The predicted octanol–water partition coefficient (Wildman–Crippen LogP) is 1.90. The number of hydrogen-bond donors (Lipinski definition) is 1. The fraction of sp³-hybridized carbons (Fsp3) is 0.385. The lowest BCUT2D eigenvalue weighted by molar-refractivity contribution is -0.153. The number of carbonyl (C=O) groups is 2. The van der Waals surface area contributed by atoms with Crippen molar-refractivity contribution in [3.05, 3.63) is 35.6 Å². The van der Waals surface area contributed by atoms with Crippen LogP contribution in [0.4, 0.5) is 4.39 Å². The highest BCUT2D eigenvalue weighted by atomic mass is 19.1. The first-order valence-electron chi connectivity index (χ1n) is 5.53. The molecule has 0 unspecified atom stereocenters. The summed E-state index contributed by atoms with van der Waals surface area (Å²) < 4.78 is 17.9. The number of esters is 1. The summed E-state index contributed by atoms with van der Waals surface area (Å²) in [5.41, 5.74) is -0.431. The molecule has 0 radical (unpaired) electrons. The number of benzene rings is 1. The summed E-state index contributed by atoms with van der Waals surface area (Å²) in [7, 11) is 0. The number of amides is 1. The van der Waals surface area contributed by atoms with Crippen LogP contribution >= 0.6 is 0 Å². The van der Waals surface area contributed by atoms with Crippen LogP contribution in [-0.4, -0.2) is 24.0 Å². The van der Waals surface area contributed by atoms with Gasteiger partial charge in [0, 0.05) is 5.56 Å². The molecule has 0 bridgehead atoms. The number of halogens is 1. The van der Waals surface area contributed by atoms with Crippen molar-refractivity contribution in [2.75, 3.05) is 6.54 Å². The molecule has 0 saturated carbocycles. The van der Waals surface area contributed by atoms with Gasteiger partial charge in [-0.15, -0.1) is 0 Å². The molecule has 5 heteroatoms. The van der Waals surface area contributed by atoms with Gasteiger partial charge in [-0.1, -0.05) is 6.07 Å². The van der Waals surface area contributed by atoms with Crippen LogP contribution in [0, 0.1) is 5.82 Å². The van der Waals surface area contributed by atoms with Crippen LogP contribution < -0.4 is 5.32 Å². The van der Waals surface area contributed by atoms with Crippen molar-refractivity contribution >= 4 is 11.9 Å². The monoisotopic (exact) mass is 253 g/mol. The molecule has 0 fully saturated rings. The topological polar surface area (TPSA) is 55.4 Å². The summed E-state index contributed by atoms with van der Waals surface area (Å²) in [4.78, 5) is 22.9. The Balaban J connectivity index is 2.49. The Labute approximate surface area is 105 Å². The van der Waals surface area contributed by atoms with E-state index in [1.807, 2.05) is 0 Å². The van der Waals surface area contributed by atoms with Crippen LogP contribution in [0.2, 0.25) is 0 Å². The molecule has 1 N–H and O–H groups in total. The molecule has 1 aromatic rings. The molecule has 4 nitrogen and oxygen atoms in total. The lowest BCUT2D eigenvalue weighted by Crippen LogP contribution is -2.34. The van der Waals surface area contributed by atoms with Gasteiger partial charge in [0.1, 0.15) is 18.0 Å². The Morgan fingerprint density at radius 1 is 1.33 bits per heavy atom. The molecule has 0 aliphatic rings. The van der Waals surface area contributed by atoms with Crippen molar-refractivity contribution in [1.82, 2.24) is 5.32 Å². The van der Waals surface area contributed by atoms with Crippen molar-refractivity contribution in [3.63, 3.8) is 0 Å². The molecule has 1 amide bonds. The second-order valence-corrected chi connectivity index (χ2v) is 4.78. The fourth-order valence-corrected chi connectivity index (χ4v) is 1.26. The van der Waals surface area contributed by atoms with E-state index in [2.05, 4.69) is 5.32 Å². The summed E-state index contributed by atoms with van der Waals surface area (Å²) in [6.45, 7) is 4.96. The maximum atomic E-state index is 12.9. The fourth-order valence-electron chi connectivity index (χ4n) is 1.26. The first-order chi connectivity index (χ1) is 8.28. The van der Waals surface area contributed by atoms with E-state index >= 15 is 0 Å². The van der Waals surface area contributed by atoms with Crippen LogP contribution in [0.5, 0.6) is 0 Å². The Kier molecular flexibility index (Phi) is 4.42. The smallest absolute Gasteiger partial charge is 0.325 e. The van der Waals surface area contributed by atoms with Crippen molar-refractivity contribution in [2.24, 2.45) is 0 Å². The third-order valence-electron chi connectivity index (χ3n) is 1.90. The maximum absolute atomic E-state index is 12.9. The zero-order chi connectivity index (χ0) is 13.8. The average molecular weight is 253 g/mol. The highest BCUT2D eigenvalue weighted by Gasteiger charge is 2.17. The minimum Gasteiger partial charge on any atom is -0.459 e. The highest BCUT2D eigenvalue weighted by Crippen LogP contribution is 2.06. The van der Waals surface area contributed by atoms with Gasteiger partial charge in [-0.05, 0) is 39.0 Å². The summed E-state index contributed by atoms with van der Waals surface area (Å²) >= 11 is 0. The van der Waals surface area contributed by atoms with Gasteiger partial charge >= 0.3 is 5.97 Å². The molecule has 18 heavy (non-hydrogen) atoms. The molecule has 1 rings (SSSR count). The van der Waals surface area contributed by atoms with E-state index < -0.39 is 23.3 Å². The predicted molar refractivity (Wildman–Crippen MR) is 64.6 cm³/mol. The molecule has 98 valence electrons. The third-order valence-corrected chi connectivity index (χ3v) is 1.90. The number of nitrogens with one attached hydrogen (secondary N) is 1. The highest BCUT2D eigenvalue weighted by molar-refractivity contribution is 5.95. The minimum atomic E-state index is -0.597. The van der Waals surface area contributed by atoms with Crippen molar-refractivity contribution in [1.29, 1.82) is 0 Å². The van der Waals surface area contributed by atoms with Gasteiger partial charge in [0.05, 0.1) is 0 Å². The molecular formula is C13H16FNO3. The van der Waals surface area contributed by atoms with Crippen LogP contribution in [0.25, 0.3) is 0 Å². The second kappa shape index (κ2) is 5.62. The van der Waals surface area contributed by atoms with Crippen molar-refractivity contribution < 1.29 is 18.7 Å². The first kappa shape index (κ1) is 14.2. The number of hydrogen-bond acceptors (Lipinski definition) is 3. The average Bonchev–Trinajstić information content (AvgIpc) is 2.23. The van der Waals surface area contributed by atoms with E-state index in [9.17, 15) is 14.0 Å². The molecule has 0 saturated heterocycles. The van der Waals surface area contributed by atoms with Gasteiger partial charge in [0.2, 0.25) is 0 Å². The lowest BCUT2D eigenvalue weighted by atomic mass is 10.2. The molecular weight excluding hydrogens is 237 g/mol. The number of ether oxygens (including phenoxy) is 1. The molecule has 1 aromatic carbocycles. The second-order valence-electron chi connectivity index (χ2n) is 4.78. The summed E-state index contributed by atoms with van der Waals surface area (Å²) in [6.07, 6.45) is 0. The summed E-state index contributed by atoms with van der Waals surface area (Å²) in [5, 5.41) is 2.37. The van der Waals surface area contributed by atoms with E-state index in [1.54, 1.807) is 20.8 Å². The summed E-state index contributed by atoms with van der Waals surface area (Å²) in [5.74, 6) is -1.55. The van der Waals surface area contributed by atoms with Crippen molar-refractivity contribution in [3.8, 4) is 0 Å². The zero-order valence-corrected chi connectivity index (χ0v) is 10.6. The lowest BCUT2D eigenvalue weighted by Gasteiger charge is -2.19. The van der Waals surface area contributed by atoms with Crippen LogP contribution in [-0.2, 0) is 9.53 Å². The Bertz CT molecular complexity index is 452. The van der Waals surface area contributed by atoms with E-state index in [1.165, 1.54) is 18.2 Å². The van der Waals surface area contributed by atoms with Crippen molar-refractivity contribution in [2.45, 2.75) is 26.4 Å². The quantitative estimate of drug-likeness (QED) is 0.837. The molecule has 0 aromatic heterocycles. The first-order valence-corrected chi connectivity index (χ1v) is 5.53. The Morgan fingerprint density at radius 3 is 2.56 bits per heavy atom. The molecule has 0 aliphatic carbocycles. The SMILES string of the molecule is CC(C)(C)OC(=O)CNC(=O)c1cccc(F)c1. The van der Waals surface area contributed by atoms with Crippen LogP contribution in [0.15, 0.2) is 24.3 Å². The van der Waals surface area contributed by atoms with Gasteiger partial charge < -0.3 is 10.1 Å². The number of rotatable bonds is 3. The summed E-state index contributed by atoms with van der Waals surface area (Å²) in [6, 6.07) is 5.24. The Morgan fingerprint density at radius 2 is 2.00 bits per heavy atom. The van der Waals surface area contributed by atoms with Gasteiger partial charge in [0.15, 0.2) is 0 Å². The van der Waals surface area contributed by atoms with Gasteiger partial charge in [-0.25, -0.2) is 4.39 Å². The van der Waals surface area contributed by atoms with Gasteiger partial charge in [0.25, 0.3) is 5.91 Å². The normalized spacial score (nSPS) is 10.9. The molecule has 0 heterocycles. The largest absolute Gasteiger partial charge is 0.459 e. The van der Waals surface area contributed by atoms with Gasteiger partial charge in [-0.3, -0.25) is 9.59 Å². The van der Waals surface area contributed by atoms with E-state index in [-0.39, 0.29) is 12.1 Å². The van der Waals surface area contributed by atoms with E-state index in [0.29, 0.717) is 0 Å².